The van der Waals surface area contributed by atoms with Crippen LogP contribution in [0.25, 0.3) is 0 Å². The third kappa shape index (κ3) is 3.05. The summed E-state index contributed by atoms with van der Waals surface area (Å²) in [6.45, 7) is 2.72. The number of para-hydroxylation sites is 2. The number of hydrogen-bond donors (Lipinski definition) is 2. The highest BCUT2D eigenvalue weighted by Crippen LogP contribution is 2.36. The van der Waals surface area contributed by atoms with E-state index in [2.05, 4.69) is 22.5 Å². The van der Waals surface area contributed by atoms with Gasteiger partial charge in [0.25, 0.3) is 5.91 Å². The van der Waals surface area contributed by atoms with Crippen LogP contribution in [0.2, 0.25) is 0 Å². The van der Waals surface area contributed by atoms with Gasteiger partial charge in [-0.25, -0.2) is 0 Å². The highest BCUT2D eigenvalue weighted by molar-refractivity contribution is 7.99. The Bertz CT molecular complexity index is 854. The third-order valence-electron chi connectivity index (χ3n) is 4.84. The Kier molecular flexibility index (Phi) is 4.59. The summed E-state index contributed by atoms with van der Waals surface area (Å²) in [6.07, 6.45) is 0.620. The van der Waals surface area contributed by atoms with E-state index in [0.717, 1.165) is 22.0 Å². The van der Waals surface area contributed by atoms with Crippen molar-refractivity contribution >= 4 is 35.0 Å². The van der Waals surface area contributed by atoms with Gasteiger partial charge in [0.15, 0.2) is 0 Å². The normalized spacial score (nSPS) is 21.0. The Morgan fingerprint density at radius 1 is 1.23 bits per heavy atom. The summed E-state index contributed by atoms with van der Waals surface area (Å²) in [6, 6.07) is 15.2. The average Bonchev–Trinajstić information content (AvgIpc) is 3.07. The second kappa shape index (κ2) is 7.03. The molecule has 2 aliphatic heterocycles. The van der Waals surface area contributed by atoms with Crippen LogP contribution in [0, 0.1) is 0 Å². The van der Waals surface area contributed by atoms with Crippen LogP contribution in [0.3, 0.4) is 0 Å². The first-order chi connectivity index (χ1) is 12.7. The van der Waals surface area contributed by atoms with Crippen LogP contribution in [0.1, 0.15) is 23.7 Å². The number of anilines is 2. The summed E-state index contributed by atoms with van der Waals surface area (Å²) in [5, 5.41) is 6.09. The number of nitrogens with zero attached hydrogens (tertiary/aromatic N) is 1. The lowest BCUT2D eigenvalue weighted by Crippen LogP contribution is -2.44. The van der Waals surface area contributed by atoms with Gasteiger partial charge in [0.1, 0.15) is 6.04 Å². The number of amides is 2. The van der Waals surface area contributed by atoms with Crippen molar-refractivity contribution in [2.24, 2.45) is 0 Å². The number of carbonyl (C=O) groups excluding carboxylic acids is 2. The van der Waals surface area contributed by atoms with Crippen LogP contribution in [-0.4, -0.2) is 36.2 Å². The zero-order valence-electron chi connectivity index (χ0n) is 14.6. The first kappa shape index (κ1) is 17.0. The molecule has 2 atom stereocenters. The summed E-state index contributed by atoms with van der Waals surface area (Å²) < 4.78 is 0. The molecule has 2 amide bonds. The molecule has 2 N–H and O–H groups in total. The Morgan fingerprint density at radius 3 is 2.85 bits per heavy atom. The van der Waals surface area contributed by atoms with E-state index in [1.54, 1.807) is 11.8 Å². The van der Waals surface area contributed by atoms with Crippen molar-refractivity contribution in [3.8, 4) is 0 Å². The zero-order chi connectivity index (χ0) is 18.1. The van der Waals surface area contributed by atoms with Crippen LogP contribution in [0.5, 0.6) is 0 Å². The fourth-order valence-electron chi connectivity index (χ4n) is 3.70. The van der Waals surface area contributed by atoms with Gasteiger partial charge >= 0.3 is 0 Å². The molecule has 2 aliphatic rings. The SMILES string of the molecule is CCSc1ccccc1C(=O)NC1CC2C(=O)Nc3ccccc3N2C1. The number of rotatable bonds is 4. The number of thioether (sulfide) groups is 1. The van der Waals surface area contributed by atoms with Crippen LogP contribution in [0.4, 0.5) is 11.4 Å². The van der Waals surface area contributed by atoms with Gasteiger partial charge in [-0.1, -0.05) is 31.2 Å². The standard InChI is InChI=1S/C20H21N3O2S/c1-2-26-18-10-6-3-7-14(18)19(24)21-13-11-17-20(25)22-15-8-4-5-9-16(15)23(17)12-13/h3-10,13,17H,2,11-12H2,1H3,(H,21,24)(H,22,25). The Morgan fingerprint density at radius 2 is 2.00 bits per heavy atom. The van der Waals surface area contributed by atoms with Crippen molar-refractivity contribution in [1.29, 1.82) is 0 Å². The Hall–Kier alpha value is -2.47. The topological polar surface area (TPSA) is 61.4 Å². The second-order valence-corrected chi connectivity index (χ2v) is 7.82. The number of benzene rings is 2. The monoisotopic (exact) mass is 367 g/mol. The molecule has 2 heterocycles. The number of carbonyl (C=O) groups is 2. The fourth-order valence-corrected chi connectivity index (χ4v) is 4.50. The molecule has 134 valence electrons. The average molecular weight is 367 g/mol. The van der Waals surface area contributed by atoms with E-state index in [-0.39, 0.29) is 23.9 Å². The van der Waals surface area contributed by atoms with E-state index in [1.807, 2.05) is 48.5 Å². The van der Waals surface area contributed by atoms with Crippen LogP contribution in [-0.2, 0) is 4.79 Å². The Balaban J connectivity index is 1.52. The largest absolute Gasteiger partial charge is 0.356 e. The molecule has 0 saturated carbocycles. The maximum absolute atomic E-state index is 12.8. The van der Waals surface area contributed by atoms with Gasteiger partial charge in [-0.05, 0) is 36.4 Å². The lowest BCUT2D eigenvalue weighted by molar-refractivity contribution is -0.117. The molecular formula is C20H21N3O2S. The molecule has 2 aromatic carbocycles. The van der Waals surface area contributed by atoms with E-state index >= 15 is 0 Å². The third-order valence-corrected chi connectivity index (χ3v) is 5.80. The molecular weight excluding hydrogens is 346 g/mol. The summed E-state index contributed by atoms with van der Waals surface area (Å²) in [5.41, 5.74) is 2.57. The number of fused-ring (bicyclic) bond motifs is 3. The highest BCUT2D eigenvalue weighted by atomic mass is 32.2. The number of nitrogens with one attached hydrogen (secondary N) is 2. The number of hydrogen-bond acceptors (Lipinski definition) is 4. The summed E-state index contributed by atoms with van der Waals surface area (Å²) in [4.78, 5) is 28.3. The van der Waals surface area contributed by atoms with E-state index in [9.17, 15) is 9.59 Å². The molecule has 4 rings (SSSR count). The van der Waals surface area contributed by atoms with Gasteiger partial charge in [-0.15, -0.1) is 11.8 Å². The van der Waals surface area contributed by atoms with Crippen LogP contribution >= 0.6 is 11.8 Å². The van der Waals surface area contributed by atoms with Crippen molar-refractivity contribution in [3.05, 3.63) is 54.1 Å². The first-order valence-corrected chi connectivity index (χ1v) is 9.85. The minimum Gasteiger partial charge on any atom is -0.356 e. The van der Waals surface area contributed by atoms with Crippen molar-refractivity contribution in [1.82, 2.24) is 5.32 Å². The predicted octanol–water partition coefficient (Wildman–Crippen LogP) is 3.13. The Labute approximate surface area is 157 Å². The smallest absolute Gasteiger partial charge is 0.252 e. The van der Waals surface area contributed by atoms with E-state index in [4.69, 9.17) is 0 Å². The van der Waals surface area contributed by atoms with Gasteiger partial charge in [-0.3, -0.25) is 9.59 Å². The molecule has 0 bridgehead atoms. The minimum atomic E-state index is -0.226. The molecule has 0 radical (unpaired) electrons. The molecule has 6 heteroatoms. The zero-order valence-corrected chi connectivity index (χ0v) is 15.4. The molecule has 1 fully saturated rings. The first-order valence-electron chi connectivity index (χ1n) is 8.86. The quantitative estimate of drug-likeness (QED) is 0.815. The maximum Gasteiger partial charge on any atom is 0.252 e. The van der Waals surface area contributed by atoms with Gasteiger partial charge in [0.2, 0.25) is 5.91 Å². The van der Waals surface area contributed by atoms with Gasteiger partial charge < -0.3 is 15.5 Å². The molecule has 2 unspecified atom stereocenters. The van der Waals surface area contributed by atoms with Gasteiger partial charge in [0, 0.05) is 17.5 Å². The molecule has 0 aliphatic carbocycles. The van der Waals surface area contributed by atoms with Crippen molar-refractivity contribution in [2.45, 2.75) is 30.3 Å². The summed E-state index contributed by atoms with van der Waals surface area (Å²) in [7, 11) is 0. The molecule has 0 aromatic heterocycles. The van der Waals surface area contributed by atoms with Crippen LogP contribution in [0.15, 0.2) is 53.4 Å². The van der Waals surface area contributed by atoms with Crippen molar-refractivity contribution < 1.29 is 9.59 Å². The maximum atomic E-state index is 12.8. The van der Waals surface area contributed by atoms with Gasteiger partial charge in [0.05, 0.1) is 16.9 Å². The lowest BCUT2D eigenvalue weighted by atomic mass is 10.1. The summed E-state index contributed by atoms with van der Waals surface area (Å²) in [5.74, 6) is 0.850. The second-order valence-electron chi connectivity index (χ2n) is 6.51. The minimum absolute atomic E-state index is 0.00221. The van der Waals surface area contributed by atoms with Crippen molar-refractivity contribution in [2.75, 3.05) is 22.5 Å². The van der Waals surface area contributed by atoms with Gasteiger partial charge in [-0.2, -0.15) is 0 Å². The highest BCUT2D eigenvalue weighted by Gasteiger charge is 2.41. The molecule has 1 saturated heterocycles. The lowest BCUT2D eigenvalue weighted by Gasteiger charge is -2.32. The van der Waals surface area contributed by atoms with Crippen molar-refractivity contribution in [3.63, 3.8) is 0 Å². The van der Waals surface area contributed by atoms with E-state index in [0.29, 0.717) is 18.5 Å². The molecule has 26 heavy (non-hydrogen) atoms. The van der Waals surface area contributed by atoms with Crippen LogP contribution < -0.4 is 15.5 Å². The molecule has 2 aromatic rings. The fraction of sp³-hybridized carbons (Fsp3) is 0.300. The van der Waals surface area contributed by atoms with E-state index in [1.165, 1.54) is 0 Å². The van der Waals surface area contributed by atoms with E-state index < -0.39 is 0 Å². The predicted molar refractivity (Wildman–Crippen MR) is 105 cm³/mol. The molecule has 0 spiro atoms. The summed E-state index contributed by atoms with van der Waals surface area (Å²) >= 11 is 1.66. The molecule has 5 nitrogen and oxygen atoms in total.